The fourth-order valence-corrected chi connectivity index (χ4v) is 2.33. The maximum Gasteiger partial charge on any atom is 0.141 e. The Kier molecular flexibility index (Phi) is 3.54. The average Bonchev–Trinajstić information content (AvgIpc) is 2.74. The second-order valence-electron chi connectivity index (χ2n) is 3.92. The summed E-state index contributed by atoms with van der Waals surface area (Å²) in [6.07, 6.45) is 1.54. The molecule has 1 N–H and O–H groups in total. The number of carbonyl (C=O) groups is 1. The summed E-state index contributed by atoms with van der Waals surface area (Å²) in [5, 5.41) is 3.22. The fraction of sp³-hybridized carbons (Fsp3) is 0.417. The van der Waals surface area contributed by atoms with Crippen LogP contribution in [0.3, 0.4) is 0 Å². The van der Waals surface area contributed by atoms with Crippen molar-refractivity contribution in [3.63, 3.8) is 0 Å². The van der Waals surface area contributed by atoms with Crippen molar-refractivity contribution in [2.75, 3.05) is 13.1 Å². The van der Waals surface area contributed by atoms with Gasteiger partial charge in [-0.1, -0.05) is 34.1 Å². The van der Waals surface area contributed by atoms with Gasteiger partial charge in [0.15, 0.2) is 0 Å². The Labute approximate surface area is 98.2 Å². The van der Waals surface area contributed by atoms with Crippen molar-refractivity contribution in [2.24, 2.45) is 5.92 Å². The highest BCUT2D eigenvalue weighted by atomic mass is 79.9. The molecule has 1 atom stereocenters. The van der Waals surface area contributed by atoms with Gasteiger partial charge in [0.25, 0.3) is 0 Å². The normalized spacial score (nSPS) is 20.5. The van der Waals surface area contributed by atoms with Crippen LogP contribution in [-0.2, 0) is 11.2 Å². The van der Waals surface area contributed by atoms with E-state index in [9.17, 15) is 4.79 Å². The van der Waals surface area contributed by atoms with Crippen LogP contribution in [0.15, 0.2) is 28.7 Å². The van der Waals surface area contributed by atoms with Crippen molar-refractivity contribution >= 4 is 21.7 Å². The molecule has 3 heteroatoms. The molecule has 0 aliphatic carbocycles. The highest BCUT2D eigenvalue weighted by Crippen LogP contribution is 2.19. The van der Waals surface area contributed by atoms with Crippen molar-refractivity contribution in [2.45, 2.75) is 12.8 Å². The SMILES string of the molecule is O=C(Cc1ccccc1Br)C1CCNC1. The lowest BCUT2D eigenvalue weighted by molar-refractivity contribution is -0.121. The number of hydrogen-bond donors (Lipinski definition) is 1. The van der Waals surface area contributed by atoms with E-state index < -0.39 is 0 Å². The van der Waals surface area contributed by atoms with Crippen LogP contribution in [-0.4, -0.2) is 18.9 Å². The van der Waals surface area contributed by atoms with Gasteiger partial charge in [0.1, 0.15) is 5.78 Å². The Morgan fingerprint density at radius 1 is 1.47 bits per heavy atom. The van der Waals surface area contributed by atoms with Crippen LogP contribution in [0.2, 0.25) is 0 Å². The van der Waals surface area contributed by atoms with Gasteiger partial charge in [-0.3, -0.25) is 4.79 Å². The summed E-state index contributed by atoms with van der Waals surface area (Å²) in [7, 11) is 0. The van der Waals surface area contributed by atoms with Gasteiger partial charge in [0.05, 0.1) is 0 Å². The highest BCUT2D eigenvalue weighted by molar-refractivity contribution is 9.10. The zero-order chi connectivity index (χ0) is 10.7. The monoisotopic (exact) mass is 267 g/mol. The summed E-state index contributed by atoms with van der Waals surface area (Å²) in [6, 6.07) is 7.93. The summed E-state index contributed by atoms with van der Waals surface area (Å²) in [6.45, 7) is 1.83. The van der Waals surface area contributed by atoms with Crippen molar-refractivity contribution in [1.29, 1.82) is 0 Å². The minimum absolute atomic E-state index is 0.220. The molecule has 0 radical (unpaired) electrons. The molecule has 1 aliphatic rings. The molecule has 1 aromatic rings. The Bertz CT molecular complexity index is 358. The molecular formula is C12H14BrNO. The third-order valence-corrected chi connectivity index (χ3v) is 3.61. The largest absolute Gasteiger partial charge is 0.316 e. The summed E-state index contributed by atoms with van der Waals surface area (Å²) in [5.74, 6) is 0.573. The van der Waals surface area contributed by atoms with E-state index in [1.165, 1.54) is 0 Å². The molecule has 0 aromatic heterocycles. The van der Waals surface area contributed by atoms with Crippen LogP contribution < -0.4 is 5.32 Å². The Hall–Kier alpha value is -0.670. The summed E-state index contributed by atoms with van der Waals surface area (Å²) in [5.41, 5.74) is 1.09. The first-order valence-electron chi connectivity index (χ1n) is 5.24. The van der Waals surface area contributed by atoms with Gasteiger partial charge in [0.2, 0.25) is 0 Å². The molecule has 1 fully saturated rings. The van der Waals surface area contributed by atoms with Gasteiger partial charge >= 0.3 is 0 Å². The third-order valence-electron chi connectivity index (χ3n) is 2.84. The molecule has 0 amide bonds. The maximum atomic E-state index is 11.9. The van der Waals surface area contributed by atoms with Crippen LogP contribution in [0.4, 0.5) is 0 Å². The van der Waals surface area contributed by atoms with Crippen molar-refractivity contribution in [3.05, 3.63) is 34.3 Å². The van der Waals surface area contributed by atoms with E-state index in [-0.39, 0.29) is 5.92 Å². The van der Waals surface area contributed by atoms with Crippen LogP contribution in [0.25, 0.3) is 0 Å². The van der Waals surface area contributed by atoms with E-state index in [4.69, 9.17) is 0 Å². The van der Waals surface area contributed by atoms with Crippen molar-refractivity contribution in [3.8, 4) is 0 Å². The van der Waals surface area contributed by atoms with E-state index >= 15 is 0 Å². The molecule has 15 heavy (non-hydrogen) atoms. The number of halogens is 1. The lowest BCUT2D eigenvalue weighted by Gasteiger charge is -2.08. The Balaban J connectivity index is 2.02. The first-order chi connectivity index (χ1) is 7.27. The number of hydrogen-bond acceptors (Lipinski definition) is 2. The third kappa shape index (κ3) is 2.67. The molecule has 80 valence electrons. The van der Waals surface area contributed by atoms with E-state index in [0.717, 1.165) is 29.5 Å². The van der Waals surface area contributed by atoms with Crippen LogP contribution >= 0.6 is 15.9 Å². The molecule has 0 spiro atoms. The second-order valence-corrected chi connectivity index (χ2v) is 4.78. The minimum Gasteiger partial charge on any atom is -0.316 e. The summed E-state index contributed by atoms with van der Waals surface area (Å²) >= 11 is 3.47. The minimum atomic E-state index is 0.220. The zero-order valence-electron chi connectivity index (χ0n) is 8.50. The quantitative estimate of drug-likeness (QED) is 0.910. The van der Waals surface area contributed by atoms with Gasteiger partial charge in [-0.25, -0.2) is 0 Å². The van der Waals surface area contributed by atoms with Gasteiger partial charge in [-0.05, 0) is 24.6 Å². The number of nitrogens with one attached hydrogen (secondary N) is 1. The molecular weight excluding hydrogens is 254 g/mol. The number of ketones is 1. The molecule has 2 rings (SSSR count). The zero-order valence-corrected chi connectivity index (χ0v) is 10.1. The molecule has 1 aromatic carbocycles. The fourth-order valence-electron chi connectivity index (χ4n) is 1.90. The predicted molar refractivity (Wildman–Crippen MR) is 63.8 cm³/mol. The highest BCUT2D eigenvalue weighted by Gasteiger charge is 2.22. The maximum absolute atomic E-state index is 11.9. The molecule has 2 nitrogen and oxygen atoms in total. The predicted octanol–water partition coefficient (Wildman–Crippen LogP) is 2.17. The van der Waals surface area contributed by atoms with Gasteiger partial charge in [0, 0.05) is 23.4 Å². The topological polar surface area (TPSA) is 29.1 Å². The van der Waals surface area contributed by atoms with E-state index in [0.29, 0.717) is 12.2 Å². The summed E-state index contributed by atoms with van der Waals surface area (Å²) in [4.78, 5) is 11.9. The van der Waals surface area contributed by atoms with E-state index in [1.807, 2.05) is 24.3 Å². The van der Waals surface area contributed by atoms with Crippen molar-refractivity contribution in [1.82, 2.24) is 5.32 Å². The molecule has 1 heterocycles. The number of carbonyl (C=O) groups excluding carboxylic acids is 1. The van der Waals surface area contributed by atoms with E-state index in [2.05, 4.69) is 21.2 Å². The van der Waals surface area contributed by atoms with Crippen LogP contribution in [0, 0.1) is 5.92 Å². The first kappa shape index (κ1) is 10.8. The Morgan fingerprint density at radius 3 is 2.93 bits per heavy atom. The molecule has 0 saturated carbocycles. The van der Waals surface area contributed by atoms with Gasteiger partial charge in [-0.2, -0.15) is 0 Å². The second kappa shape index (κ2) is 4.90. The number of rotatable bonds is 3. The average molecular weight is 268 g/mol. The van der Waals surface area contributed by atoms with Crippen molar-refractivity contribution < 1.29 is 4.79 Å². The molecule has 1 aliphatic heterocycles. The molecule has 1 unspecified atom stereocenters. The number of Topliss-reactive ketones (excluding diaryl/α,β-unsaturated/α-hetero) is 1. The standard InChI is InChI=1S/C12H14BrNO/c13-11-4-2-1-3-9(11)7-12(15)10-5-6-14-8-10/h1-4,10,14H,5-8H2. The molecule has 1 saturated heterocycles. The first-order valence-corrected chi connectivity index (χ1v) is 6.03. The van der Waals surface area contributed by atoms with Gasteiger partial charge < -0.3 is 5.32 Å². The smallest absolute Gasteiger partial charge is 0.141 e. The van der Waals surface area contributed by atoms with Crippen LogP contribution in [0.5, 0.6) is 0 Å². The van der Waals surface area contributed by atoms with E-state index in [1.54, 1.807) is 0 Å². The molecule has 0 bridgehead atoms. The number of benzene rings is 1. The summed E-state index contributed by atoms with van der Waals surface area (Å²) < 4.78 is 1.03. The lowest BCUT2D eigenvalue weighted by atomic mass is 9.97. The Morgan fingerprint density at radius 2 is 2.27 bits per heavy atom. The van der Waals surface area contributed by atoms with Gasteiger partial charge in [-0.15, -0.1) is 0 Å². The van der Waals surface area contributed by atoms with Crippen LogP contribution in [0.1, 0.15) is 12.0 Å². The lowest BCUT2D eigenvalue weighted by Crippen LogP contribution is -2.19.